The summed E-state index contributed by atoms with van der Waals surface area (Å²) in [6, 6.07) is 0.508. The summed E-state index contributed by atoms with van der Waals surface area (Å²) in [4.78, 5) is 10.8. The fourth-order valence-electron chi connectivity index (χ4n) is 1.20. The number of aryl methyl sites for hydroxylation is 1. The van der Waals surface area contributed by atoms with Crippen LogP contribution in [0.25, 0.3) is 0 Å². The van der Waals surface area contributed by atoms with Gasteiger partial charge >= 0.3 is 0 Å². The fourth-order valence-corrected chi connectivity index (χ4v) is 1.39. The Morgan fingerprint density at radius 1 is 1.75 bits per heavy atom. The number of rotatable bonds is 2. The summed E-state index contributed by atoms with van der Waals surface area (Å²) in [5, 5.41) is 3.79. The van der Waals surface area contributed by atoms with Crippen molar-refractivity contribution in [3.05, 3.63) is 17.5 Å². The van der Waals surface area contributed by atoms with Crippen LogP contribution in [-0.4, -0.2) is 15.0 Å². The maximum Gasteiger partial charge on any atom is 0.255 e. The fraction of sp³-hybridized carbons (Fsp3) is 0.500. The number of hydrogen-bond acceptors (Lipinski definition) is 2. The molecule has 1 aromatic rings. The van der Waals surface area contributed by atoms with Crippen LogP contribution in [0.15, 0.2) is 6.20 Å². The summed E-state index contributed by atoms with van der Waals surface area (Å²) in [7, 11) is 0. The quantitative estimate of drug-likeness (QED) is 0.659. The molecule has 1 saturated carbocycles. The van der Waals surface area contributed by atoms with Crippen molar-refractivity contribution >= 4 is 16.8 Å². The van der Waals surface area contributed by atoms with Crippen molar-refractivity contribution in [1.82, 2.24) is 9.78 Å². The molecule has 2 rings (SSSR count). The second-order valence-corrected chi connectivity index (χ2v) is 3.46. The maximum atomic E-state index is 10.8. The highest BCUT2D eigenvalue weighted by Crippen LogP contribution is 2.34. The molecule has 0 N–H and O–H groups in total. The van der Waals surface area contributed by atoms with E-state index in [-0.39, 0.29) is 0 Å². The zero-order chi connectivity index (χ0) is 8.72. The monoisotopic (exact) mass is 184 g/mol. The first-order valence-corrected chi connectivity index (χ1v) is 4.32. The first kappa shape index (κ1) is 7.80. The van der Waals surface area contributed by atoms with Gasteiger partial charge in [-0.2, -0.15) is 5.10 Å². The van der Waals surface area contributed by atoms with Gasteiger partial charge in [-0.25, -0.2) is 0 Å². The number of carbonyl (C=O) groups is 1. The minimum absolute atomic E-state index is 0.417. The van der Waals surface area contributed by atoms with E-state index in [1.807, 2.05) is 4.68 Å². The molecule has 0 bridgehead atoms. The van der Waals surface area contributed by atoms with E-state index < -0.39 is 5.24 Å². The Kier molecular flexibility index (Phi) is 1.68. The molecule has 1 aliphatic rings. The number of nitrogens with zero attached hydrogens (tertiary/aromatic N) is 2. The van der Waals surface area contributed by atoms with Gasteiger partial charge in [-0.15, -0.1) is 0 Å². The molecule has 3 nitrogen and oxygen atoms in total. The maximum absolute atomic E-state index is 10.8. The third kappa shape index (κ3) is 1.25. The molecular weight excluding hydrogens is 176 g/mol. The van der Waals surface area contributed by atoms with Crippen molar-refractivity contribution in [2.75, 3.05) is 0 Å². The van der Waals surface area contributed by atoms with Crippen LogP contribution < -0.4 is 0 Å². The van der Waals surface area contributed by atoms with E-state index >= 15 is 0 Å². The molecule has 0 unspecified atom stereocenters. The molecule has 1 aliphatic carbocycles. The Bertz CT molecular complexity index is 328. The molecule has 1 heterocycles. The third-order valence-corrected chi connectivity index (χ3v) is 2.25. The third-order valence-electron chi connectivity index (χ3n) is 2.05. The van der Waals surface area contributed by atoms with Crippen molar-refractivity contribution in [2.24, 2.45) is 0 Å². The molecule has 0 radical (unpaired) electrons. The highest BCUT2D eigenvalue weighted by molar-refractivity contribution is 6.67. The van der Waals surface area contributed by atoms with Crippen LogP contribution in [0.5, 0.6) is 0 Å². The number of aromatic nitrogens is 2. The number of hydrogen-bond donors (Lipinski definition) is 0. The largest absolute Gasteiger partial charge is 0.275 e. The Balaban J connectivity index is 2.36. The second kappa shape index (κ2) is 2.59. The Morgan fingerprint density at radius 2 is 2.42 bits per heavy atom. The summed E-state index contributed by atoms with van der Waals surface area (Å²) < 4.78 is 1.84. The lowest BCUT2D eigenvalue weighted by atomic mass is 10.3. The van der Waals surface area contributed by atoms with Gasteiger partial charge in [0.25, 0.3) is 5.24 Å². The molecular formula is C8H9ClN2O. The van der Waals surface area contributed by atoms with Crippen LogP contribution in [0.4, 0.5) is 0 Å². The Hall–Kier alpha value is -0.830. The SMILES string of the molecule is Cc1nn(C2CC2)cc1C(=O)Cl. The average Bonchev–Trinajstić information content (AvgIpc) is 2.75. The standard InChI is InChI=1S/C8H9ClN2O/c1-5-7(8(9)12)4-11(10-5)6-2-3-6/h4,6H,2-3H2,1H3. The number of carbonyl (C=O) groups excluding carboxylic acids is 1. The van der Waals surface area contributed by atoms with Crippen LogP contribution in [0.3, 0.4) is 0 Å². The van der Waals surface area contributed by atoms with Crippen molar-refractivity contribution in [3.8, 4) is 0 Å². The Morgan fingerprint density at radius 3 is 2.83 bits per heavy atom. The van der Waals surface area contributed by atoms with E-state index in [0.29, 0.717) is 11.6 Å². The molecule has 0 spiro atoms. The Labute approximate surface area is 75.3 Å². The van der Waals surface area contributed by atoms with Gasteiger partial charge in [0.15, 0.2) is 0 Å². The molecule has 0 atom stereocenters. The lowest BCUT2D eigenvalue weighted by Gasteiger charge is -1.92. The predicted molar refractivity (Wildman–Crippen MR) is 45.4 cm³/mol. The molecule has 1 aromatic heterocycles. The molecule has 12 heavy (non-hydrogen) atoms. The minimum atomic E-state index is -0.417. The zero-order valence-corrected chi connectivity index (χ0v) is 7.51. The van der Waals surface area contributed by atoms with Gasteiger partial charge in [-0.05, 0) is 31.4 Å². The van der Waals surface area contributed by atoms with E-state index in [1.165, 1.54) is 0 Å². The van der Waals surface area contributed by atoms with Crippen LogP contribution >= 0.6 is 11.6 Å². The lowest BCUT2D eigenvalue weighted by Crippen LogP contribution is -1.93. The van der Waals surface area contributed by atoms with Crippen LogP contribution in [-0.2, 0) is 0 Å². The van der Waals surface area contributed by atoms with Crippen molar-refractivity contribution < 1.29 is 4.79 Å². The molecule has 0 aromatic carbocycles. The van der Waals surface area contributed by atoms with Crippen LogP contribution in [0.2, 0.25) is 0 Å². The van der Waals surface area contributed by atoms with E-state index in [1.54, 1.807) is 13.1 Å². The summed E-state index contributed by atoms with van der Waals surface area (Å²) in [5.41, 5.74) is 1.26. The zero-order valence-electron chi connectivity index (χ0n) is 6.75. The van der Waals surface area contributed by atoms with Crippen molar-refractivity contribution in [2.45, 2.75) is 25.8 Å². The van der Waals surface area contributed by atoms with Crippen LogP contribution in [0, 0.1) is 6.92 Å². The van der Waals surface area contributed by atoms with E-state index in [9.17, 15) is 4.79 Å². The van der Waals surface area contributed by atoms with E-state index in [2.05, 4.69) is 5.10 Å². The molecule has 4 heteroatoms. The van der Waals surface area contributed by atoms with Gasteiger partial charge in [0.1, 0.15) is 0 Å². The summed E-state index contributed by atoms with van der Waals surface area (Å²) in [5.74, 6) is 0. The summed E-state index contributed by atoms with van der Waals surface area (Å²) >= 11 is 5.35. The minimum Gasteiger partial charge on any atom is -0.275 e. The summed E-state index contributed by atoms with van der Waals surface area (Å²) in [6.45, 7) is 1.80. The van der Waals surface area contributed by atoms with E-state index in [4.69, 9.17) is 11.6 Å². The molecule has 0 amide bonds. The predicted octanol–water partition coefficient (Wildman–Crippen LogP) is 1.91. The van der Waals surface area contributed by atoms with Gasteiger partial charge in [0.2, 0.25) is 0 Å². The average molecular weight is 185 g/mol. The van der Waals surface area contributed by atoms with Crippen molar-refractivity contribution in [3.63, 3.8) is 0 Å². The molecule has 0 saturated heterocycles. The van der Waals surface area contributed by atoms with Gasteiger partial charge in [0.05, 0.1) is 17.3 Å². The topological polar surface area (TPSA) is 34.9 Å². The lowest BCUT2D eigenvalue weighted by molar-refractivity contribution is 0.108. The highest BCUT2D eigenvalue weighted by Gasteiger charge is 2.25. The van der Waals surface area contributed by atoms with E-state index in [0.717, 1.165) is 18.5 Å². The van der Waals surface area contributed by atoms with Gasteiger partial charge < -0.3 is 0 Å². The van der Waals surface area contributed by atoms with Gasteiger partial charge in [-0.3, -0.25) is 9.48 Å². The highest BCUT2D eigenvalue weighted by atomic mass is 35.5. The first-order chi connectivity index (χ1) is 5.68. The molecule has 0 aliphatic heterocycles. The number of halogens is 1. The summed E-state index contributed by atoms with van der Waals surface area (Å²) in [6.07, 6.45) is 4.07. The second-order valence-electron chi connectivity index (χ2n) is 3.11. The van der Waals surface area contributed by atoms with Crippen LogP contribution in [0.1, 0.15) is 34.9 Å². The normalized spacial score (nSPS) is 16.5. The molecule has 1 fully saturated rings. The smallest absolute Gasteiger partial charge is 0.255 e. The van der Waals surface area contributed by atoms with Crippen molar-refractivity contribution in [1.29, 1.82) is 0 Å². The molecule has 64 valence electrons. The van der Waals surface area contributed by atoms with Gasteiger partial charge in [0, 0.05) is 6.20 Å². The first-order valence-electron chi connectivity index (χ1n) is 3.94. The van der Waals surface area contributed by atoms with Gasteiger partial charge in [-0.1, -0.05) is 0 Å².